The van der Waals surface area contributed by atoms with Crippen molar-refractivity contribution in [2.45, 2.75) is 39.3 Å². The summed E-state index contributed by atoms with van der Waals surface area (Å²) in [7, 11) is 0. The van der Waals surface area contributed by atoms with Gasteiger partial charge in [-0.2, -0.15) is 0 Å². The van der Waals surface area contributed by atoms with Gasteiger partial charge in [0.1, 0.15) is 5.75 Å². The minimum absolute atomic E-state index is 0.222. The molecule has 0 unspecified atom stereocenters. The molecule has 0 spiro atoms. The van der Waals surface area contributed by atoms with Gasteiger partial charge in [-0.3, -0.25) is 0 Å². The second kappa shape index (κ2) is 6.69. The first kappa shape index (κ1) is 14.7. The first-order valence-electron chi connectivity index (χ1n) is 7.98. The van der Waals surface area contributed by atoms with E-state index in [1.54, 1.807) is 0 Å². The molecule has 0 saturated carbocycles. The van der Waals surface area contributed by atoms with Gasteiger partial charge in [0.15, 0.2) is 0 Å². The average molecular weight is 293 g/mol. The van der Waals surface area contributed by atoms with Crippen molar-refractivity contribution < 1.29 is 4.74 Å². The first-order valence-corrected chi connectivity index (χ1v) is 7.98. The third-order valence-electron chi connectivity index (χ3n) is 3.84. The summed E-state index contributed by atoms with van der Waals surface area (Å²) in [6.45, 7) is 5.01. The molecule has 0 saturated heterocycles. The number of nitrogens with one attached hydrogen (secondary N) is 1. The topological polar surface area (TPSA) is 21.3 Å². The molecule has 2 nitrogen and oxygen atoms in total. The van der Waals surface area contributed by atoms with E-state index in [0.29, 0.717) is 0 Å². The minimum atomic E-state index is 0.222. The Morgan fingerprint density at radius 1 is 1.05 bits per heavy atom. The highest BCUT2D eigenvalue weighted by Crippen LogP contribution is 2.27. The number of allylic oxidation sites excluding steroid dienone is 1. The van der Waals surface area contributed by atoms with Gasteiger partial charge in [0, 0.05) is 12.2 Å². The molecule has 1 aliphatic rings. The lowest BCUT2D eigenvalue weighted by Crippen LogP contribution is -2.16. The Kier molecular flexibility index (Phi) is 4.47. The lowest BCUT2D eigenvalue weighted by Gasteiger charge is -2.19. The van der Waals surface area contributed by atoms with Gasteiger partial charge in [-0.25, -0.2) is 0 Å². The molecule has 0 bridgehead atoms. The summed E-state index contributed by atoms with van der Waals surface area (Å²) in [5.74, 6) is 0.975. The zero-order valence-electron chi connectivity index (χ0n) is 13.3. The van der Waals surface area contributed by atoms with Gasteiger partial charge in [0.2, 0.25) is 0 Å². The van der Waals surface area contributed by atoms with Crippen LogP contribution in [0.3, 0.4) is 0 Å². The van der Waals surface area contributed by atoms with E-state index in [1.807, 2.05) is 0 Å². The first-order chi connectivity index (χ1) is 10.7. The summed E-state index contributed by atoms with van der Waals surface area (Å²) in [5.41, 5.74) is 5.31. The quantitative estimate of drug-likeness (QED) is 0.873. The molecule has 0 fully saturated rings. The third kappa shape index (κ3) is 3.70. The van der Waals surface area contributed by atoms with Crippen LogP contribution in [0.2, 0.25) is 0 Å². The van der Waals surface area contributed by atoms with E-state index in [9.17, 15) is 0 Å². The molecule has 2 heteroatoms. The molecular weight excluding hydrogens is 270 g/mol. The number of hydrogen-bond donors (Lipinski definition) is 1. The van der Waals surface area contributed by atoms with Crippen LogP contribution in [0.4, 0.5) is 0 Å². The third-order valence-corrected chi connectivity index (χ3v) is 3.84. The fraction of sp³-hybridized carbons (Fsp3) is 0.300. The zero-order chi connectivity index (χ0) is 15.4. The number of fused-ring (bicyclic) bond motifs is 1. The van der Waals surface area contributed by atoms with Crippen LogP contribution in [0.1, 0.15) is 37.0 Å². The maximum Gasteiger partial charge on any atom is 0.120 e. The molecule has 22 heavy (non-hydrogen) atoms. The van der Waals surface area contributed by atoms with Crippen molar-refractivity contribution in [1.82, 2.24) is 5.32 Å². The number of aryl methyl sites for hydroxylation is 1. The maximum atomic E-state index is 5.78. The molecule has 2 aromatic carbocycles. The van der Waals surface area contributed by atoms with Gasteiger partial charge in [0.05, 0.1) is 6.10 Å². The van der Waals surface area contributed by atoms with Crippen molar-refractivity contribution in [3.63, 3.8) is 0 Å². The Morgan fingerprint density at radius 3 is 2.64 bits per heavy atom. The Balaban J connectivity index is 1.68. The summed E-state index contributed by atoms with van der Waals surface area (Å²) in [4.78, 5) is 0. The molecule has 3 rings (SSSR count). The normalized spacial score (nSPS) is 13.5. The van der Waals surface area contributed by atoms with Gasteiger partial charge in [0.25, 0.3) is 0 Å². The Labute approximate surface area is 132 Å². The Hall–Kier alpha value is -2.22. The molecule has 0 radical (unpaired) electrons. The Morgan fingerprint density at radius 2 is 1.86 bits per heavy atom. The van der Waals surface area contributed by atoms with Crippen molar-refractivity contribution in [1.29, 1.82) is 0 Å². The fourth-order valence-electron chi connectivity index (χ4n) is 2.76. The second-order valence-electron chi connectivity index (χ2n) is 6.04. The number of benzene rings is 2. The smallest absolute Gasteiger partial charge is 0.120 e. The summed E-state index contributed by atoms with van der Waals surface area (Å²) < 4.78 is 5.78. The number of ether oxygens (including phenoxy) is 1. The van der Waals surface area contributed by atoms with Crippen LogP contribution in [0.15, 0.2) is 54.2 Å². The predicted molar refractivity (Wildman–Crippen MR) is 91.8 cm³/mol. The van der Waals surface area contributed by atoms with E-state index in [0.717, 1.165) is 25.1 Å². The van der Waals surface area contributed by atoms with Gasteiger partial charge < -0.3 is 10.1 Å². The minimum Gasteiger partial charge on any atom is -0.491 e. The van der Waals surface area contributed by atoms with E-state index in [2.05, 4.69) is 73.8 Å². The van der Waals surface area contributed by atoms with Crippen LogP contribution in [-0.2, 0) is 13.0 Å². The second-order valence-corrected chi connectivity index (χ2v) is 6.04. The molecule has 0 heterocycles. The van der Waals surface area contributed by atoms with Crippen molar-refractivity contribution in [3.05, 3.63) is 70.9 Å². The van der Waals surface area contributed by atoms with E-state index >= 15 is 0 Å². The predicted octanol–water partition coefficient (Wildman–Crippen LogP) is 4.55. The molecule has 0 aromatic heterocycles. The maximum absolute atomic E-state index is 5.78. The van der Waals surface area contributed by atoms with Crippen molar-refractivity contribution in [2.24, 2.45) is 0 Å². The van der Waals surface area contributed by atoms with Crippen LogP contribution in [0.25, 0.3) is 6.08 Å². The molecule has 114 valence electrons. The van der Waals surface area contributed by atoms with Crippen LogP contribution in [-0.4, -0.2) is 6.10 Å². The highest BCUT2D eigenvalue weighted by Gasteiger charge is 2.11. The van der Waals surface area contributed by atoms with Gasteiger partial charge in [-0.15, -0.1) is 0 Å². The summed E-state index contributed by atoms with van der Waals surface area (Å²) in [5, 5.41) is 3.56. The number of rotatable bonds is 5. The van der Waals surface area contributed by atoms with E-state index < -0.39 is 0 Å². The molecule has 0 atom stereocenters. The molecular formula is C20H23NO. The Bertz CT molecular complexity index is 659. The molecule has 0 amide bonds. The van der Waals surface area contributed by atoms with Crippen LogP contribution < -0.4 is 10.1 Å². The highest BCUT2D eigenvalue weighted by atomic mass is 16.5. The van der Waals surface area contributed by atoms with Gasteiger partial charge >= 0.3 is 0 Å². The van der Waals surface area contributed by atoms with Crippen LogP contribution in [0.5, 0.6) is 5.75 Å². The molecule has 1 aliphatic carbocycles. The summed E-state index contributed by atoms with van der Waals surface area (Å²) >= 11 is 0. The van der Waals surface area contributed by atoms with Gasteiger partial charge in [-0.1, -0.05) is 36.4 Å². The molecule has 0 aliphatic heterocycles. The standard InChI is InChI=1S/C20H23NO/c1-15(2)22-20-11-9-17-12-19(10-8-18(17)13-20)21-14-16-6-4-3-5-7-16/h3-7,9,11-13,15,21H,8,10,14H2,1-2H3. The van der Waals surface area contributed by atoms with E-state index in [1.165, 1.54) is 22.4 Å². The lowest BCUT2D eigenvalue weighted by atomic mass is 9.95. The van der Waals surface area contributed by atoms with Crippen molar-refractivity contribution in [2.75, 3.05) is 0 Å². The zero-order valence-corrected chi connectivity index (χ0v) is 13.3. The SMILES string of the molecule is CC(C)Oc1ccc2c(c1)CCC(NCc1ccccc1)=C2. The average Bonchev–Trinajstić information content (AvgIpc) is 2.53. The highest BCUT2D eigenvalue weighted by molar-refractivity contribution is 5.60. The van der Waals surface area contributed by atoms with Crippen molar-refractivity contribution >= 4 is 6.08 Å². The largest absolute Gasteiger partial charge is 0.491 e. The summed E-state index contributed by atoms with van der Waals surface area (Å²) in [6.07, 6.45) is 4.62. The van der Waals surface area contributed by atoms with Gasteiger partial charge in [-0.05, 0) is 61.6 Å². The monoisotopic (exact) mass is 293 g/mol. The van der Waals surface area contributed by atoms with E-state index in [4.69, 9.17) is 4.74 Å². The lowest BCUT2D eigenvalue weighted by molar-refractivity contribution is 0.242. The summed E-state index contributed by atoms with van der Waals surface area (Å²) in [6, 6.07) is 16.9. The van der Waals surface area contributed by atoms with Crippen molar-refractivity contribution in [3.8, 4) is 5.75 Å². The van der Waals surface area contributed by atoms with E-state index in [-0.39, 0.29) is 6.10 Å². The van der Waals surface area contributed by atoms with Crippen LogP contribution >= 0.6 is 0 Å². The van der Waals surface area contributed by atoms with Crippen LogP contribution in [0, 0.1) is 0 Å². The molecule has 2 aromatic rings. The number of hydrogen-bond acceptors (Lipinski definition) is 2. The molecule has 1 N–H and O–H groups in total. The fourth-order valence-corrected chi connectivity index (χ4v) is 2.76.